The second-order valence-corrected chi connectivity index (χ2v) is 9.16. The van der Waals surface area contributed by atoms with Crippen LogP contribution >= 0.6 is 11.8 Å². The Hall–Kier alpha value is -4.18. The van der Waals surface area contributed by atoms with E-state index in [1.807, 2.05) is 43.3 Å². The van der Waals surface area contributed by atoms with Crippen LogP contribution < -0.4 is 15.4 Å². The number of amides is 2. The van der Waals surface area contributed by atoms with Gasteiger partial charge in [-0.05, 0) is 66.6 Å². The molecule has 4 rings (SSSR count). The first-order valence-corrected chi connectivity index (χ1v) is 12.5. The summed E-state index contributed by atoms with van der Waals surface area (Å²) in [5, 5.41) is 14.6. The Bertz CT molecular complexity index is 1370. The summed E-state index contributed by atoms with van der Waals surface area (Å²) in [7, 11) is 1.59. The molecule has 10 heteroatoms. The molecule has 4 aromatic rings. The van der Waals surface area contributed by atoms with E-state index in [0.717, 1.165) is 11.1 Å². The highest BCUT2D eigenvalue weighted by atomic mass is 32.2. The van der Waals surface area contributed by atoms with Gasteiger partial charge < -0.3 is 15.4 Å². The molecule has 1 aromatic heterocycles. The zero-order valence-electron chi connectivity index (χ0n) is 20.4. The van der Waals surface area contributed by atoms with Crippen LogP contribution in [0, 0.1) is 12.7 Å². The number of anilines is 1. The second-order valence-electron chi connectivity index (χ2n) is 8.22. The molecule has 0 radical (unpaired) electrons. The number of aryl methyl sites for hydroxylation is 1. The number of ether oxygens (including phenoxy) is 1. The van der Waals surface area contributed by atoms with Crippen molar-refractivity contribution in [2.75, 3.05) is 18.2 Å². The van der Waals surface area contributed by atoms with E-state index < -0.39 is 0 Å². The van der Waals surface area contributed by atoms with Crippen LogP contribution in [0.3, 0.4) is 0 Å². The lowest BCUT2D eigenvalue weighted by atomic mass is 10.1. The van der Waals surface area contributed by atoms with Gasteiger partial charge in [-0.2, -0.15) is 0 Å². The monoisotopic (exact) mass is 519 g/mol. The third kappa shape index (κ3) is 7.17. The number of thioether (sulfide) groups is 1. The number of rotatable bonds is 10. The summed E-state index contributed by atoms with van der Waals surface area (Å²) >= 11 is 1.20. The number of carbonyl (C=O) groups excluding carboxylic acids is 2. The summed E-state index contributed by atoms with van der Waals surface area (Å²) in [4.78, 5) is 25.1. The van der Waals surface area contributed by atoms with Crippen molar-refractivity contribution in [2.24, 2.45) is 0 Å². The number of benzene rings is 3. The summed E-state index contributed by atoms with van der Waals surface area (Å²) in [6, 6.07) is 20.6. The highest BCUT2D eigenvalue weighted by Crippen LogP contribution is 2.23. The molecule has 190 valence electrons. The molecule has 0 bridgehead atoms. The van der Waals surface area contributed by atoms with Crippen molar-refractivity contribution in [1.29, 1.82) is 0 Å². The molecule has 0 unspecified atom stereocenters. The molecule has 37 heavy (non-hydrogen) atoms. The van der Waals surface area contributed by atoms with Crippen molar-refractivity contribution in [3.05, 3.63) is 95.6 Å². The third-order valence-electron chi connectivity index (χ3n) is 5.39. The number of halogens is 1. The highest BCUT2D eigenvalue weighted by Gasteiger charge is 2.17. The van der Waals surface area contributed by atoms with Gasteiger partial charge in [-0.15, -0.1) is 10.2 Å². The van der Waals surface area contributed by atoms with Crippen LogP contribution in [0.5, 0.6) is 5.75 Å². The molecule has 0 fully saturated rings. The van der Waals surface area contributed by atoms with Crippen molar-refractivity contribution in [3.63, 3.8) is 0 Å². The normalized spacial score (nSPS) is 10.7. The van der Waals surface area contributed by atoms with Gasteiger partial charge >= 0.3 is 0 Å². The highest BCUT2D eigenvalue weighted by molar-refractivity contribution is 7.99. The van der Waals surface area contributed by atoms with Crippen LogP contribution in [0.15, 0.2) is 78.0 Å². The zero-order valence-corrected chi connectivity index (χ0v) is 21.2. The van der Waals surface area contributed by atoms with E-state index in [0.29, 0.717) is 28.1 Å². The minimum Gasteiger partial charge on any atom is -0.497 e. The van der Waals surface area contributed by atoms with Gasteiger partial charge in [-0.3, -0.25) is 14.2 Å². The first-order chi connectivity index (χ1) is 17.9. The molecule has 0 atom stereocenters. The molecular weight excluding hydrogens is 493 g/mol. The van der Waals surface area contributed by atoms with E-state index in [4.69, 9.17) is 4.74 Å². The van der Waals surface area contributed by atoms with E-state index in [1.54, 1.807) is 35.9 Å². The predicted molar refractivity (Wildman–Crippen MR) is 140 cm³/mol. The molecule has 0 aliphatic heterocycles. The van der Waals surface area contributed by atoms with Crippen LogP contribution in [0.2, 0.25) is 0 Å². The molecule has 0 aliphatic rings. The summed E-state index contributed by atoms with van der Waals surface area (Å²) in [6.07, 6.45) is 0.190. The van der Waals surface area contributed by atoms with Crippen molar-refractivity contribution in [3.8, 4) is 11.4 Å². The lowest BCUT2D eigenvalue weighted by Crippen LogP contribution is -2.26. The molecule has 1 heterocycles. The largest absolute Gasteiger partial charge is 0.497 e. The molecule has 2 N–H and O–H groups in total. The van der Waals surface area contributed by atoms with Crippen molar-refractivity contribution < 1.29 is 18.7 Å². The first kappa shape index (κ1) is 25.9. The van der Waals surface area contributed by atoms with E-state index in [1.165, 1.54) is 23.9 Å². The topological polar surface area (TPSA) is 98.1 Å². The number of carbonyl (C=O) groups is 2. The quantitative estimate of drug-likeness (QED) is 0.303. The minimum atomic E-state index is -0.377. The van der Waals surface area contributed by atoms with Gasteiger partial charge in [0, 0.05) is 11.4 Å². The first-order valence-electron chi connectivity index (χ1n) is 11.5. The number of nitrogens with zero attached hydrogens (tertiary/aromatic N) is 3. The number of hydrogen-bond acceptors (Lipinski definition) is 6. The van der Waals surface area contributed by atoms with Gasteiger partial charge in [0.15, 0.2) is 11.0 Å². The summed E-state index contributed by atoms with van der Waals surface area (Å²) in [6.45, 7) is 2.06. The summed E-state index contributed by atoms with van der Waals surface area (Å²) < 4.78 is 20.4. The van der Waals surface area contributed by atoms with Crippen LogP contribution in [0.4, 0.5) is 10.1 Å². The number of hydrogen-bond donors (Lipinski definition) is 2. The van der Waals surface area contributed by atoms with Gasteiger partial charge in [0.25, 0.3) is 0 Å². The number of aromatic nitrogens is 3. The van der Waals surface area contributed by atoms with Gasteiger partial charge in [0.1, 0.15) is 11.6 Å². The van der Waals surface area contributed by atoms with Gasteiger partial charge in [0.05, 0.1) is 25.8 Å². The third-order valence-corrected chi connectivity index (χ3v) is 6.32. The summed E-state index contributed by atoms with van der Waals surface area (Å²) in [5.74, 6) is 0.504. The minimum absolute atomic E-state index is 0.0943. The fourth-order valence-corrected chi connectivity index (χ4v) is 4.35. The smallest absolute Gasteiger partial charge is 0.234 e. The van der Waals surface area contributed by atoms with Crippen LogP contribution in [-0.4, -0.2) is 39.4 Å². The standard InChI is InChI=1S/C27H26FN5O3S/c1-18-4-3-5-21(14-18)30-26(35)17-37-27-32-31-24(33(27)22-10-8-20(28)9-11-22)16-29-25(34)15-19-6-12-23(36-2)13-7-19/h3-14H,15-17H2,1-2H3,(H,29,34)(H,30,35). The average Bonchev–Trinajstić information content (AvgIpc) is 3.30. The molecule has 0 aliphatic carbocycles. The second kappa shape index (κ2) is 12.2. The summed E-state index contributed by atoms with van der Waals surface area (Å²) in [5.41, 5.74) is 3.22. The van der Waals surface area contributed by atoms with Crippen molar-refractivity contribution >= 4 is 29.3 Å². The Morgan fingerprint density at radius 1 is 1.00 bits per heavy atom. The maximum absolute atomic E-state index is 13.6. The van der Waals surface area contributed by atoms with E-state index in [9.17, 15) is 14.0 Å². The molecule has 2 amide bonds. The Morgan fingerprint density at radius 2 is 1.76 bits per heavy atom. The SMILES string of the molecule is COc1ccc(CC(=O)NCc2nnc(SCC(=O)Nc3cccc(C)c3)n2-c2ccc(F)cc2)cc1. The maximum Gasteiger partial charge on any atom is 0.234 e. The van der Waals surface area contributed by atoms with Crippen LogP contribution in [-0.2, 0) is 22.6 Å². The molecule has 0 saturated heterocycles. The van der Waals surface area contributed by atoms with E-state index in [-0.39, 0.29) is 36.4 Å². The Labute approximate surface area is 218 Å². The maximum atomic E-state index is 13.6. The van der Waals surface area contributed by atoms with Gasteiger partial charge in [0.2, 0.25) is 11.8 Å². The lowest BCUT2D eigenvalue weighted by molar-refractivity contribution is -0.120. The molecule has 0 saturated carbocycles. The van der Waals surface area contributed by atoms with E-state index in [2.05, 4.69) is 20.8 Å². The molecule has 0 spiro atoms. The molecule has 3 aromatic carbocycles. The Kier molecular flexibility index (Phi) is 8.52. The number of nitrogens with one attached hydrogen (secondary N) is 2. The fourth-order valence-electron chi connectivity index (χ4n) is 3.58. The van der Waals surface area contributed by atoms with Crippen LogP contribution in [0.25, 0.3) is 5.69 Å². The molecule has 8 nitrogen and oxygen atoms in total. The van der Waals surface area contributed by atoms with E-state index >= 15 is 0 Å². The van der Waals surface area contributed by atoms with Gasteiger partial charge in [-0.25, -0.2) is 4.39 Å². The van der Waals surface area contributed by atoms with Crippen molar-refractivity contribution in [2.45, 2.75) is 25.0 Å². The van der Waals surface area contributed by atoms with Gasteiger partial charge in [-0.1, -0.05) is 36.0 Å². The lowest BCUT2D eigenvalue weighted by Gasteiger charge is -2.11. The predicted octanol–water partition coefficient (Wildman–Crippen LogP) is 4.31. The zero-order chi connectivity index (χ0) is 26.2. The average molecular weight is 520 g/mol. The van der Waals surface area contributed by atoms with Crippen molar-refractivity contribution in [1.82, 2.24) is 20.1 Å². The molecular formula is C27H26FN5O3S. The Morgan fingerprint density at radius 3 is 2.46 bits per heavy atom. The fraction of sp³-hybridized carbons (Fsp3) is 0.185. The Balaban J connectivity index is 1.44. The van der Waals surface area contributed by atoms with Crippen LogP contribution in [0.1, 0.15) is 17.0 Å². The number of methoxy groups -OCH3 is 1.